The first-order valence-electron chi connectivity index (χ1n) is 15.9. The number of carbonyl (C=O) groups is 2. The predicted molar refractivity (Wildman–Crippen MR) is 173 cm³/mol. The van der Waals surface area contributed by atoms with Crippen molar-refractivity contribution in [1.29, 1.82) is 0 Å². The number of aromatic nitrogens is 5. The van der Waals surface area contributed by atoms with Crippen LogP contribution in [0.5, 0.6) is 0 Å². The summed E-state index contributed by atoms with van der Waals surface area (Å²) in [7, 11) is 0. The minimum Gasteiger partial charge on any atom is -0.444 e. The molecule has 12 heteroatoms. The number of carbonyl (C=O) groups excluding carboxylic acids is 2. The third-order valence-electron chi connectivity index (χ3n) is 8.83. The Morgan fingerprint density at radius 3 is 2.48 bits per heavy atom. The van der Waals surface area contributed by atoms with Crippen LogP contribution in [0.1, 0.15) is 97.0 Å². The van der Waals surface area contributed by atoms with E-state index < -0.39 is 5.60 Å². The molecule has 5 heterocycles. The van der Waals surface area contributed by atoms with Gasteiger partial charge in [0.25, 0.3) is 5.91 Å². The SMILES string of the molecule is Cc1nn(C2CCN(C(=O)OC(C)(C)C)CC2)cc1N(Cc1ccc2c3c(c(Cl)nc2c1)COC3)C(=O)c1cnc(C2CC2)nc1. The smallest absolute Gasteiger partial charge is 0.410 e. The molecule has 2 aliphatic heterocycles. The molecule has 0 N–H and O–H groups in total. The Kier molecular flexibility index (Phi) is 7.92. The minimum atomic E-state index is -0.539. The number of pyridine rings is 1. The first kappa shape index (κ1) is 30.6. The van der Waals surface area contributed by atoms with Gasteiger partial charge in [-0.1, -0.05) is 23.7 Å². The fraction of sp³-hybridized carbons (Fsp3) is 0.471. The van der Waals surface area contributed by atoms with Gasteiger partial charge >= 0.3 is 6.09 Å². The van der Waals surface area contributed by atoms with Crippen LogP contribution < -0.4 is 4.90 Å². The number of hydrogen-bond donors (Lipinski definition) is 0. The van der Waals surface area contributed by atoms with Crippen molar-refractivity contribution in [3.05, 3.63) is 75.7 Å². The van der Waals surface area contributed by atoms with Crippen LogP contribution in [-0.2, 0) is 29.2 Å². The number of nitrogens with zero attached hydrogens (tertiary/aromatic N) is 7. The Bertz CT molecular complexity index is 1800. The highest BCUT2D eigenvalue weighted by atomic mass is 35.5. The van der Waals surface area contributed by atoms with Crippen molar-refractivity contribution in [2.45, 2.75) is 90.7 Å². The molecule has 1 saturated carbocycles. The van der Waals surface area contributed by atoms with Crippen molar-refractivity contribution in [3.63, 3.8) is 0 Å². The van der Waals surface area contributed by atoms with Crippen LogP contribution in [0.3, 0.4) is 0 Å². The molecule has 240 valence electrons. The largest absolute Gasteiger partial charge is 0.444 e. The van der Waals surface area contributed by atoms with Crippen LogP contribution in [0.25, 0.3) is 10.9 Å². The molecular formula is C34H38ClN7O4. The maximum atomic E-state index is 14.2. The zero-order chi connectivity index (χ0) is 32.2. The molecule has 0 spiro atoms. The summed E-state index contributed by atoms with van der Waals surface area (Å²) in [6.07, 6.45) is 8.55. The zero-order valence-corrected chi connectivity index (χ0v) is 27.4. The number of halogens is 1. The summed E-state index contributed by atoms with van der Waals surface area (Å²) in [4.78, 5) is 44.0. The molecule has 4 aromatic rings. The minimum absolute atomic E-state index is 0.0839. The number of piperidine rings is 1. The number of likely N-dealkylation sites (tertiary alicyclic amines) is 1. The molecule has 1 saturated heterocycles. The lowest BCUT2D eigenvalue weighted by Gasteiger charge is -2.33. The fourth-order valence-electron chi connectivity index (χ4n) is 6.22. The normalized spacial score (nSPS) is 16.9. The van der Waals surface area contributed by atoms with Crippen LogP contribution in [-0.4, -0.2) is 60.3 Å². The molecule has 3 aromatic heterocycles. The molecule has 2 amide bonds. The summed E-state index contributed by atoms with van der Waals surface area (Å²) < 4.78 is 13.2. The van der Waals surface area contributed by atoms with E-state index in [1.807, 2.05) is 56.8 Å². The molecule has 46 heavy (non-hydrogen) atoms. The molecule has 2 fully saturated rings. The first-order chi connectivity index (χ1) is 22.0. The molecule has 0 bridgehead atoms. The van der Waals surface area contributed by atoms with Gasteiger partial charge in [0.05, 0.1) is 48.3 Å². The predicted octanol–water partition coefficient (Wildman–Crippen LogP) is 6.51. The molecule has 3 aliphatic rings. The summed E-state index contributed by atoms with van der Waals surface area (Å²) in [5.41, 5.74) is 4.99. The Labute approximate surface area is 272 Å². The van der Waals surface area contributed by atoms with E-state index in [9.17, 15) is 9.59 Å². The van der Waals surface area contributed by atoms with E-state index in [0.29, 0.717) is 48.6 Å². The van der Waals surface area contributed by atoms with Crippen molar-refractivity contribution in [2.75, 3.05) is 18.0 Å². The lowest BCUT2D eigenvalue weighted by Crippen LogP contribution is -2.42. The maximum absolute atomic E-state index is 14.2. The van der Waals surface area contributed by atoms with Gasteiger partial charge in [-0.3, -0.25) is 9.48 Å². The quantitative estimate of drug-likeness (QED) is 0.218. The second kappa shape index (κ2) is 11.9. The number of ether oxygens (including phenoxy) is 2. The van der Waals surface area contributed by atoms with Gasteiger partial charge in [-0.2, -0.15) is 5.10 Å². The monoisotopic (exact) mass is 643 g/mol. The topological polar surface area (TPSA) is 116 Å². The summed E-state index contributed by atoms with van der Waals surface area (Å²) in [6.45, 7) is 9.93. The number of hydrogen-bond acceptors (Lipinski definition) is 8. The van der Waals surface area contributed by atoms with Gasteiger partial charge in [0, 0.05) is 48.5 Å². The van der Waals surface area contributed by atoms with Gasteiger partial charge in [-0.05, 0) is 70.6 Å². The third-order valence-corrected chi connectivity index (χ3v) is 9.14. The van der Waals surface area contributed by atoms with E-state index >= 15 is 0 Å². The molecule has 11 nitrogen and oxygen atoms in total. The first-order valence-corrected chi connectivity index (χ1v) is 16.3. The van der Waals surface area contributed by atoms with E-state index in [2.05, 4.69) is 15.0 Å². The lowest BCUT2D eigenvalue weighted by molar-refractivity contribution is 0.0184. The van der Waals surface area contributed by atoms with E-state index in [4.69, 9.17) is 26.2 Å². The van der Waals surface area contributed by atoms with Gasteiger partial charge in [0.2, 0.25) is 0 Å². The summed E-state index contributed by atoms with van der Waals surface area (Å²) in [5, 5.41) is 6.32. The van der Waals surface area contributed by atoms with Crippen molar-refractivity contribution >= 4 is 40.2 Å². The van der Waals surface area contributed by atoms with Gasteiger partial charge < -0.3 is 19.3 Å². The van der Waals surface area contributed by atoms with E-state index in [-0.39, 0.29) is 24.6 Å². The highest BCUT2D eigenvalue weighted by Gasteiger charge is 2.31. The molecule has 0 unspecified atom stereocenters. The highest BCUT2D eigenvalue weighted by molar-refractivity contribution is 6.30. The Balaban J connectivity index is 1.17. The molecule has 0 radical (unpaired) electrons. The van der Waals surface area contributed by atoms with E-state index in [1.54, 1.807) is 22.2 Å². The zero-order valence-electron chi connectivity index (χ0n) is 26.6. The van der Waals surface area contributed by atoms with Crippen molar-refractivity contribution < 1.29 is 19.1 Å². The standard InChI is InChI=1S/C34H38ClN7O4/c1-20-29(17-42(39-20)24-9-11-40(12-10-24)33(44)46-34(2,3)4)41(32(43)23-14-36-31(37-15-23)22-6-7-22)16-21-5-8-25-26-18-45-19-27(26)30(35)38-28(25)13-21/h5,8,13-15,17,22,24H,6-7,9-12,16,18-19H2,1-4H3. The van der Waals surface area contributed by atoms with Gasteiger partial charge in [-0.25, -0.2) is 19.7 Å². The Morgan fingerprint density at radius 2 is 1.78 bits per heavy atom. The van der Waals surface area contributed by atoms with Crippen molar-refractivity contribution in [2.24, 2.45) is 0 Å². The van der Waals surface area contributed by atoms with Crippen LogP contribution in [0.15, 0.2) is 36.8 Å². The van der Waals surface area contributed by atoms with Gasteiger partial charge in [-0.15, -0.1) is 0 Å². The molecular weight excluding hydrogens is 606 g/mol. The summed E-state index contributed by atoms with van der Waals surface area (Å²) >= 11 is 6.52. The number of benzene rings is 1. The molecule has 1 aliphatic carbocycles. The van der Waals surface area contributed by atoms with Crippen LogP contribution in [0, 0.1) is 6.92 Å². The number of rotatable bonds is 6. The third kappa shape index (κ3) is 6.18. The Hall–Kier alpha value is -4.09. The number of aryl methyl sites for hydroxylation is 1. The average molecular weight is 644 g/mol. The maximum Gasteiger partial charge on any atom is 0.410 e. The van der Waals surface area contributed by atoms with Crippen LogP contribution in [0.2, 0.25) is 5.15 Å². The van der Waals surface area contributed by atoms with Crippen molar-refractivity contribution in [1.82, 2.24) is 29.6 Å². The number of fused-ring (bicyclic) bond motifs is 3. The number of amides is 2. The van der Waals surface area contributed by atoms with Gasteiger partial charge in [0.1, 0.15) is 16.6 Å². The van der Waals surface area contributed by atoms with Crippen LogP contribution in [0.4, 0.5) is 10.5 Å². The van der Waals surface area contributed by atoms with Crippen LogP contribution >= 0.6 is 11.6 Å². The molecule has 1 aromatic carbocycles. The average Bonchev–Trinajstić information content (AvgIpc) is 3.63. The second-order valence-electron chi connectivity index (χ2n) is 13.5. The highest BCUT2D eigenvalue weighted by Crippen LogP contribution is 2.38. The number of anilines is 1. The Morgan fingerprint density at radius 1 is 1.07 bits per heavy atom. The summed E-state index contributed by atoms with van der Waals surface area (Å²) in [5.74, 6) is 0.975. The molecule has 7 rings (SSSR count). The van der Waals surface area contributed by atoms with E-state index in [1.165, 1.54) is 0 Å². The lowest BCUT2D eigenvalue weighted by atomic mass is 10.0. The summed E-state index contributed by atoms with van der Waals surface area (Å²) in [6, 6.07) is 6.13. The van der Waals surface area contributed by atoms with Gasteiger partial charge in [0.15, 0.2) is 0 Å². The second-order valence-corrected chi connectivity index (χ2v) is 13.8. The van der Waals surface area contributed by atoms with Crippen molar-refractivity contribution in [3.8, 4) is 0 Å². The fourth-order valence-corrected chi connectivity index (χ4v) is 6.48. The molecule has 0 atom stereocenters. The van der Waals surface area contributed by atoms with E-state index in [0.717, 1.165) is 64.8 Å².